The first-order valence-electron chi connectivity index (χ1n) is 5.30. The molecule has 1 aliphatic heterocycles. The highest BCUT2D eigenvalue weighted by Crippen LogP contribution is 2.26. The second-order valence-electron chi connectivity index (χ2n) is 4.10. The normalized spacial score (nSPS) is 19.9. The predicted octanol–water partition coefficient (Wildman–Crippen LogP) is 2.40. The molecule has 4 nitrogen and oxygen atoms in total. The number of rotatable bonds is 3. The van der Waals surface area contributed by atoms with Gasteiger partial charge in [-0.15, -0.1) is 0 Å². The average Bonchev–Trinajstić information content (AvgIpc) is 2.73. The largest absolute Gasteiger partial charge is 0.316 e. The van der Waals surface area contributed by atoms with E-state index in [1.165, 1.54) is 6.07 Å². The molecule has 2 rings (SSSR count). The van der Waals surface area contributed by atoms with Crippen molar-refractivity contribution in [3.05, 3.63) is 38.9 Å². The van der Waals surface area contributed by atoms with E-state index in [2.05, 4.69) is 5.32 Å². The second kappa shape index (κ2) is 4.80. The zero-order valence-electron chi connectivity index (χ0n) is 8.78. The molecule has 1 atom stereocenters. The molecule has 1 aromatic rings. The molecule has 5 heteroatoms. The average molecular weight is 241 g/mol. The molecule has 0 bridgehead atoms. The van der Waals surface area contributed by atoms with Gasteiger partial charge in [0.2, 0.25) is 0 Å². The lowest BCUT2D eigenvalue weighted by Crippen LogP contribution is -2.11. The lowest BCUT2D eigenvalue weighted by atomic mass is 9.98. The van der Waals surface area contributed by atoms with E-state index >= 15 is 0 Å². The summed E-state index contributed by atoms with van der Waals surface area (Å²) in [5, 5.41) is 14.5. The molecule has 1 saturated heterocycles. The van der Waals surface area contributed by atoms with Crippen LogP contribution in [0.4, 0.5) is 5.69 Å². The molecule has 0 radical (unpaired) electrons. The molecule has 1 heterocycles. The highest BCUT2D eigenvalue weighted by molar-refractivity contribution is 6.31. The number of nitrogens with zero attached hydrogens (tertiary/aromatic N) is 1. The van der Waals surface area contributed by atoms with Crippen molar-refractivity contribution >= 4 is 17.3 Å². The molecule has 86 valence electrons. The summed E-state index contributed by atoms with van der Waals surface area (Å²) >= 11 is 6.04. The Morgan fingerprint density at radius 1 is 1.56 bits per heavy atom. The van der Waals surface area contributed by atoms with Gasteiger partial charge in [-0.05, 0) is 43.5 Å². The van der Waals surface area contributed by atoms with Crippen molar-refractivity contribution in [1.82, 2.24) is 5.32 Å². The van der Waals surface area contributed by atoms with Gasteiger partial charge in [-0.3, -0.25) is 10.1 Å². The molecular weight excluding hydrogens is 228 g/mol. The van der Waals surface area contributed by atoms with E-state index < -0.39 is 0 Å². The van der Waals surface area contributed by atoms with Crippen LogP contribution >= 0.6 is 11.6 Å². The Morgan fingerprint density at radius 2 is 2.38 bits per heavy atom. The molecule has 16 heavy (non-hydrogen) atoms. The summed E-state index contributed by atoms with van der Waals surface area (Å²) < 4.78 is 0. The standard InChI is InChI=1S/C11H13ClN2O2/c12-11-2-1-10(14(15)16)6-9(11)5-8-3-4-13-7-8/h1-2,6,8,13H,3-5,7H2. The number of nitro groups is 1. The first-order valence-corrected chi connectivity index (χ1v) is 5.68. The van der Waals surface area contributed by atoms with Gasteiger partial charge >= 0.3 is 0 Å². The maximum Gasteiger partial charge on any atom is 0.269 e. The third-order valence-electron chi connectivity index (χ3n) is 2.91. The van der Waals surface area contributed by atoms with Crippen molar-refractivity contribution in [3.63, 3.8) is 0 Å². The maximum absolute atomic E-state index is 10.7. The minimum atomic E-state index is -0.382. The number of nitrogens with one attached hydrogen (secondary N) is 1. The Kier molecular flexibility index (Phi) is 3.41. The molecule has 0 saturated carbocycles. The first-order chi connectivity index (χ1) is 7.66. The predicted molar refractivity (Wildman–Crippen MR) is 62.8 cm³/mol. The van der Waals surface area contributed by atoms with Crippen LogP contribution in [0.25, 0.3) is 0 Å². The Bertz CT molecular complexity index is 403. The van der Waals surface area contributed by atoms with E-state index in [0.717, 1.165) is 31.5 Å². The van der Waals surface area contributed by atoms with E-state index in [4.69, 9.17) is 11.6 Å². The molecule has 0 aliphatic carbocycles. The number of benzene rings is 1. The van der Waals surface area contributed by atoms with Gasteiger partial charge in [-0.2, -0.15) is 0 Å². The maximum atomic E-state index is 10.7. The second-order valence-corrected chi connectivity index (χ2v) is 4.50. The SMILES string of the molecule is O=[N+]([O-])c1ccc(Cl)c(CC2CCNC2)c1. The Balaban J connectivity index is 2.17. The van der Waals surface area contributed by atoms with Gasteiger partial charge in [0.05, 0.1) is 4.92 Å². The minimum Gasteiger partial charge on any atom is -0.316 e. The molecule has 1 N–H and O–H groups in total. The van der Waals surface area contributed by atoms with Gasteiger partial charge in [0.1, 0.15) is 0 Å². The highest BCUT2D eigenvalue weighted by Gasteiger charge is 2.18. The summed E-state index contributed by atoms with van der Waals surface area (Å²) in [6, 6.07) is 4.64. The van der Waals surface area contributed by atoms with Crippen LogP contribution in [-0.4, -0.2) is 18.0 Å². The third-order valence-corrected chi connectivity index (χ3v) is 3.28. The van der Waals surface area contributed by atoms with Gasteiger partial charge in [-0.1, -0.05) is 11.6 Å². The van der Waals surface area contributed by atoms with Crippen LogP contribution in [-0.2, 0) is 6.42 Å². The smallest absolute Gasteiger partial charge is 0.269 e. The van der Waals surface area contributed by atoms with Crippen molar-refractivity contribution in [2.45, 2.75) is 12.8 Å². The van der Waals surface area contributed by atoms with Gasteiger partial charge in [0, 0.05) is 17.2 Å². The van der Waals surface area contributed by atoms with Crippen LogP contribution in [0.5, 0.6) is 0 Å². The van der Waals surface area contributed by atoms with Crippen molar-refractivity contribution in [1.29, 1.82) is 0 Å². The summed E-state index contributed by atoms with van der Waals surface area (Å²) in [5.41, 5.74) is 0.995. The lowest BCUT2D eigenvalue weighted by molar-refractivity contribution is -0.384. The zero-order valence-corrected chi connectivity index (χ0v) is 9.54. The van der Waals surface area contributed by atoms with Crippen LogP contribution in [0.2, 0.25) is 5.02 Å². The number of non-ortho nitro benzene ring substituents is 1. The van der Waals surface area contributed by atoms with Crippen molar-refractivity contribution in [3.8, 4) is 0 Å². The Morgan fingerprint density at radius 3 is 3.00 bits per heavy atom. The van der Waals surface area contributed by atoms with Crippen molar-refractivity contribution < 1.29 is 4.92 Å². The number of hydrogen-bond donors (Lipinski definition) is 1. The molecule has 1 unspecified atom stereocenters. The van der Waals surface area contributed by atoms with Crippen LogP contribution in [0, 0.1) is 16.0 Å². The van der Waals surface area contributed by atoms with Gasteiger partial charge in [0.25, 0.3) is 5.69 Å². The molecule has 1 fully saturated rings. The summed E-state index contributed by atoms with van der Waals surface area (Å²) in [5.74, 6) is 0.541. The molecule has 1 aliphatic rings. The third kappa shape index (κ3) is 2.51. The van der Waals surface area contributed by atoms with E-state index in [-0.39, 0.29) is 10.6 Å². The molecule has 1 aromatic carbocycles. The highest BCUT2D eigenvalue weighted by atomic mass is 35.5. The Hall–Kier alpha value is -1.13. The number of halogens is 1. The first kappa shape index (κ1) is 11.4. The van der Waals surface area contributed by atoms with Crippen LogP contribution in [0.15, 0.2) is 18.2 Å². The van der Waals surface area contributed by atoms with Crippen LogP contribution in [0.1, 0.15) is 12.0 Å². The summed E-state index contributed by atoms with van der Waals surface area (Å²) in [6.07, 6.45) is 1.92. The summed E-state index contributed by atoms with van der Waals surface area (Å²) in [7, 11) is 0. The number of nitro benzene ring substituents is 1. The quantitative estimate of drug-likeness (QED) is 0.652. The fourth-order valence-electron chi connectivity index (χ4n) is 2.03. The van der Waals surface area contributed by atoms with Gasteiger partial charge in [0.15, 0.2) is 0 Å². The zero-order chi connectivity index (χ0) is 11.5. The summed E-state index contributed by atoms with van der Waals surface area (Å²) in [6.45, 7) is 2.00. The lowest BCUT2D eigenvalue weighted by Gasteiger charge is -2.09. The van der Waals surface area contributed by atoms with Crippen LogP contribution in [0.3, 0.4) is 0 Å². The number of hydrogen-bond acceptors (Lipinski definition) is 3. The van der Waals surface area contributed by atoms with Gasteiger partial charge < -0.3 is 5.32 Å². The van der Waals surface area contributed by atoms with Gasteiger partial charge in [-0.25, -0.2) is 0 Å². The molecular formula is C11H13ClN2O2. The fraction of sp³-hybridized carbons (Fsp3) is 0.455. The molecule has 0 amide bonds. The van der Waals surface area contributed by atoms with E-state index in [0.29, 0.717) is 10.9 Å². The van der Waals surface area contributed by atoms with Crippen LogP contribution < -0.4 is 5.32 Å². The molecule has 0 aromatic heterocycles. The van der Waals surface area contributed by atoms with E-state index in [1.807, 2.05) is 0 Å². The minimum absolute atomic E-state index is 0.116. The monoisotopic (exact) mass is 240 g/mol. The van der Waals surface area contributed by atoms with E-state index in [9.17, 15) is 10.1 Å². The van der Waals surface area contributed by atoms with Crippen molar-refractivity contribution in [2.75, 3.05) is 13.1 Å². The van der Waals surface area contributed by atoms with E-state index in [1.54, 1.807) is 12.1 Å². The van der Waals surface area contributed by atoms with Crippen molar-refractivity contribution in [2.24, 2.45) is 5.92 Å². The topological polar surface area (TPSA) is 55.2 Å². The summed E-state index contributed by atoms with van der Waals surface area (Å²) in [4.78, 5) is 10.3. The molecule has 0 spiro atoms. The fourth-order valence-corrected chi connectivity index (χ4v) is 2.23. The Labute approximate surface area is 98.8 Å².